The van der Waals surface area contributed by atoms with Crippen LogP contribution in [-0.4, -0.2) is 48.7 Å². The lowest BCUT2D eigenvalue weighted by Crippen LogP contribution is -2.36. The van der Waals surface area contributed by atoms with Crippen LogP contribution in [0.3, 0.4) is 0 Å². The van der Waals surface area contributed by atoms with E-state index in [9.17, 15) is 4.79 Å². The fourth-order valence-electron chi connectivity index (χ4n) is 4.38. The van der Waals surface area contributed by atoms with Crippen LogP contribution in [0.4, 0.5) is 0 Å². The van der Waals surface area contributed by atoms with Gasteiger partial charge in [0, 0.05) is 42.9 Å². The van der Waals surface area contributed by atoms with Crippen LogP contribution in [0, 0.1) is 5.92 Å². The second-order valence-corrected chi connectivity index (χ2v) is 8.53. The highest BCUT2D eigenvalue weighted by Gasteiger charge is 2.25. The van der Waals surface area contributed by atoms with E-state index in [2.05, 4.69) is 37.3 Å². The summed E-state index contributed by atoms with van der Waals surface area (Å²) >= 11 is 0. The number of aromatic nitrogens is 5. The van der Waals surface area contributed by atoms with Crippen LogP contribution < -0.4 is 0 Å². The number of rotatable bonds is 6. The maximum absolute atomic E-state index is 13.0. The quantitative estimate of drug-likeness (QED) is 0.470. The number of pyridine rings is 1. The number of carbonyl (C=O) groups is 1. The van der Waals surface area contributed by atoms with Crippen LogP contribution in [0.5, 0.6) is 0 Å². The number of hydrogen-bond acceptors (Lipinski definition) is 6. The highest BCUT2D eigenvalue weighted by molar-refractivity contribution is 5.86. The molecular formula is C25H26N6O. The molecule has 162 valence electrons. The molecule has 1 fully saturated rings. The highest BCUT2D eigenvalue weighted by Crippen LogP contribution is 2.24. The molecule has 7 heteroatoms. The van der Waals surface area contributed by atoms with Gasteiger partial charge in [-0.05, 0) is 61.8 Å². The molecule has 1 saturated heterocycles. The van der Waals surface area contributed by atoms with E-state index in [4.69, 9.17) is 0 Å². The summed E-state index contributed by atoms with van der Waals surface area (Å²) in [6.07, 6.45) is 7.78. The van der Waals surface area contributed by atoms with Gasteiger partial charge in [0.2, 0.25) is 0 Å². The summed E-state index contributed by atoms with van der Waals surface area (Å²) in [5.74, 6) is 0.355. The summed E-state index contributed by atoms with van der Waals surface area (Å²) in [7, 11) is 1.91. The molecule has 3 aromatic heterocycles. The maximum atomic E-state index is 13.0. The second kappa shape index (κ2) is 8.96. The lowest BCUT2D eigenvalue weighted by Gasteiger charge is -2.30. The summed E-state index contributed by atoms with van der Waals surface area (Å²) < 4.78 is 1.79. The Morgan fingerprint density at radius 3 is 2.66 bits per heavy atom. The Morgan fingerprint density at radius 1 is 1.03 bits per heavy atom. The van der Waals surface area contributed by atoms with Crippen molar-refractivity contribution in [1.29, 1.82) is 0 Å². The Balaban J connectivity index is 1.22. The van der Waals surface area contributed by atoms with Gasteiger partial charge in [-0.1, -0.05) is 12.1 Å². The van der Waals surface area contributed by atoms with Crippen molar-refractivity contribution < 1.29 is 4.79 Å². The molecule has 1 aliphatic rings. The molecule has 0 amide bonds. The summed E-state index contributed by atoms with van der Waals surface area (Å²) in [4.78, 5) is 19.7. The third-order valence-corrected chi connectivity index (χ3v) is 6.18. The van der Waals surface area contributed by atoms with Crippen molar-refractivity contribution in [3.05, 3.63) is 72.4 Å². The largest absolute Gasteiger partial charge is 0.299 e. The summed E-state index contributed by atoms with van der Waals surface area (Å²) in [5.41, 5.74) is 4.78. The number of fused-ring (bicyclic) bond motifs is 1. The first-order valence-electron chi connectivity index (χ1n) is 11.0. The molecule has 0 spiro atoms. The Kier molecular flexibility index (Phi) is 5.73. The van der Waals surface area contributed by atoms with Crippen LogP contribution in [-0.2, 0) is 24.8 Å². The zero-order valence-corrected chi connectivity index (χ0v) is 18.2. The topological polar surface area (TPSA) is 76.8 Å². The lowest BCUT2D eigenvalue weighted by atomic mass is 9.90. The van der Waals surface area contributed by atoms with Gasteiger partial charge in [0.15, 0.2) is 0 Å². The minimum absolute atomic E-state index is 0.0919. The van der Waals surface area contributed by atoms with Crippen molar-refractivity contribution in [1.82, 2.24) is 29.9 Å². The van der Waals surface area contributed by atoms with Crippen molar-refractivity contribution in [3.8, 4) is 11.1 Å². The van der Waals surface area contributed by atoms with E-state index in [0.717, 1.165) is 65.9 Å². The van der Waals surface area contributed by atoms with E-state index in [1.54, 1.807) is 4.68 Å². The van der Waals surface area contributed by atoms with Gasteiger partial charge in [-0.3, -0.25) is 19.4 Å². The first-order valence-corrected chi connectivity index (χ1v) is 11.0. The van der Waals surface area contributed by atoms with Gasteiger partial charge in [0.1, 0.15) is 5.78 Å². The van der Waals surface area contributed by atoms with Gasteiger partial charge < -0.3 is 0 Å². The summed E-state index contributed by atoms with van der Waals surface area (Å²) in [5, 5.41) is 13.9. The Labute approximate surface area is 187 Å². The molecule has 0 aliphatic carbocycles. The van der Waals surface area contributed by atoms with Gasteiger partial charge in [0.05, 0.1) is 29.5 Å². The van der Waals surface area contributed by atoms with E-state index in [0.29, 0.717) is 6.42 Å². The monoisotopic (exact) mass is 426 g/mol. The molecule has 0 bridgehead atoms. The minimum atomic E-state index is 0.0919. The second-order valence-electron chi connectivity index (χ2n) is 8.53. The van der Waals surface area contributed by atoms with E-state index in [1.165, 1.54) is 0 Å². The molecule has 0 radical (unpaired) electrons. The van der Waals surface area contributed by atoms with E-state index < -0.39 is 0 Å². The normalized spacial score (nSPS) is 15.3. The van der Waals surface area contributed by atoms with Gasteiger partial charge in [-0.15, -0.1) is 0 Å². The predicted molar refractivity (Wildman–Crippen MR) is 123 cm³/mol. The van der Waals surface area contributed by atoms with Crippen molar-refractivity contribution >= 4 is 16.7 Å². The number of likely N-dealkylation sites (tertiary alicyclic amines) is 1. The molecule has 1 aliphatic heterocycles. The molecule has 0 saturated carbocycles. The van der Waals surface area contributed by atoms with Crippen molar-refractivity contribution in [3.63, 3.8) is 0 Å². The number of aryl methyl sites for hydroxylation is 1. The molecule has 0 N–H and O–H groups in total. The third kappa shape index (κ3) is 4.57. The molecule has 32 heavy (non-hydrogen) atoms. The number of carbonyl (C=O) groups excluding carboxylic acids is 1. The Bertz CT molecular complexity index is 1230. The molecular weight excluding hydrogens is 400 g/mol. The average molecular weight is 427 g/mol. The van der Waals surface area contributed by atoms with E-state index in [1.807, 2.05) is 56.0 Å². The molecule has 1 aromatic carbocycles. The van der Waals surface area contributed by atoms with Crippen molar-refractivity contribution in [2.75, 3.05) is 13.1 Å². The Morgan fingerprint density at radius 2 is 1.91 bits per heavy atom. The number of Topliss-reactive ketones (excluding diaryl/α,β-unsaturated/α-hetero) is 1. The molecule has 0 atom stereocenters. The van der Waals surface area contributed by atoms with Crippen LogP contribution in [0.25, 0.3) is 22.0 Å². The summed E-state index contributed by atoms with van der Waals surface area (Å²) in [6.45, 7) is 2.69. The molecule has 5 rings (SSSR count). The fraction of sp³-hybridized carbons (Fsp3) is 0.320. The first-order chi connectivity index (χ1) is 15.6. The number of ketones is 1. The maximum Gasteiger partial charge on any atom is 0.142 e. The molecule has 7 nitrogen and oxygen atoms in total. The Hall–Kier alpha value is -3.45. The van der Waals surface area contributed by atoms with Crippen LogP contribution in [0.15, 0.2) is 61.1 Å². The van der Waals surface area contributed by atoms with Gasteiger partial charge >= 0.3 is 0 Å². The number of hydrogen-bond donors (Lipinski definition) is 0. The highest BCUT2D eigenvalue weighted by atomic mass is 16.1. The zero-order valence-electron chi connectivity index (χ0n) is 18.2. The zero-order chi connectivity index (χ0) is 21.9. The predicted octanol–water partition coefficient (Wildman–Crippen LogP) is 3.45. The molecule has 4 heterocycles. The number of piperidine rings is 1. The van der Waals surface area contributed by atoms with Crippen molar-refractivity contribution in [2.24, 2.45) is 13.0 Å². The van der Waals surface area contributed by atoms with E-state index >= 15 is 0 Å². The van der Waals surface area contributed by atoms with Crippen LogP contribution >= 0.6 is 0 Å². The third-order valence-electron chi connectivity index (χ3n) is 6.18. The summed E-state index contributed by atoms with van der Waals surface area (Å²) in [6, 6.07) is 14.1. The number of benzene rings is 1. The van der Waals surface area contributed by atoms with Crippen LogP contribution in [0.2, 0.25) is 0 Å². The van der Waals surface area contributed by atoms with E-state index in [-0.39, 0.29) is 11.7 Å². The average Bonchev–Trinajstić information content (AvgIpc) is 3.26. The number of nitrogens with zero attached hydrogens (tertiary/aromatic N) is 6. The molecule has 0 unspecified atom stereocenters. The SMILES string of the molecule is Cn1cc(-c2ccc3nnc(CC(=O)C4CCN(Cc5ccccn5)CC4)cc3c2)cn1. The lowest BCUT2D eigenvalue weighted by molar-refractivity contribution is -0.123. The van der Waals surface area contributed by atoms with Gasteiger partial charge in [-0.2, -0.15) is 15.3 Å². The fourth-order valence-corrected chi connectivity index (χ4v) is 4.38. The van der Waals surface area contributed by atoms with Crippen LogP contribution in [0.1, 0.15) is 24.2 Å². The first kappa shape index (κ1) is 20.5. The van der Waals surface area contributed by atoms with Gasteiger partial charge in [0.25, 0.3) is 0 Å². The standard InChI is InChI=1S/C25H26N6O/c1-30-16-21(15-27-30)19-5-6-24-20(12-19)13-23(28-29-24)14-25(32)18-7-10-31(11-8-18)17-22-4-2-3-9-26-22/h2-6,9,12-13,15-16,18H,7-8,10-11,14,17H2,1H3. The minimum Gasteiger partial charge on any atom is -0.299 e. The van der Waals surface area contributed by atoms with Gasteiger partial charge in [-0.25, -0.2) is 0 Å². The smallest absolute Gasteiger partial charge is 0.142 e. The van der Waals surface area contributed by atoms with Crippen molar-refractivity contribution in [2.45, 2.75) is 25.8 Å². The molecule has 4 aromatic rings.